The van der Waals surface area contributed by atoms with Crippen molar-refractivity contribution in [2.75, 3.05) is 25.6 Å². The van der Waals surface area contributed by atoms with Crippen molar-refractivity contribution in [1.29, 1.82) is 0 Å². The molecule has 1 unspecified atom stereocenters. The molecule has 0 aliphatic rings. The third-order valence-corrected chi connectivity index (χ3v) is 8.11. The van der Waals surface area contributed by atoms with Crippen LogP contribution in [-0.4, -0.2) is 54.2 Å². The summed E-state index contributed by atoms with van der Waals surface area (Å²) >= 11 is 1.29. The first-order valence-electron chi connectivity index (χ1n) is 14.9. The summed E-state index contributed by atoms with van der Waals surface area (Å²) in [5.74, 6) is -0.906. The van der Waals surface area contributed by atoms with Crippen LogP contribution in [0.4, 0.5) is 9.93 Å². The van der Waals surface area contributed by atoms with E-state index in [9.17, 15) is 14.4 Å². The van der Waals surface area contributed by atoms with Gasteiger partial charge in [-0.1, -0.05) is 58.0 Å². The van der Waals surface area contributed by atoms with Gasteiger partial charge < -0.3 is 25.8 Å². The van der Waals surface area contributed by atoms with Gasteiger partial charge in [0.1, 0.15) is 12.6 Å². The number of rotatable bonds is 12. The highest BCUT2D eigenvalue weighted by Crippen LogP contribution is 2.37. The van der Waals surface area contributed by atoms with Gasteiger partial charge in [-0.3, -0.25) is 14.6 Å². The number of benzene rings is 2. The number of aryl methyl sites for hydroxylation is 1. The number of primary amides is 1. The van der Waals surface area contributed by atoms with Crippen molar-refractivity contribution in [3.63, 3.8) is 0 Å². The second-order valence-corrected chi connectivity index (χ2v) is 13.6. The van der Waals surface area contributed by atoms with Gasteiger partial charge in [0.25, 0.3) is 11.8 Å². The summed E-state index contributed by atoms with van der Waals surface area (Å²) < 4.78 is 10.5. The third-order valence-electron chi connectivity index (χ3n) is 7.35. The summed E-state index contributed by atoms with van der Waals surface area (Å²) in [5.41, 5.74) is 10.4. The lowest BCUT2D eigenvalue weighted by Gasteiger charge is -2.35. The maximum atomic E-state index is 13.4. The van der Waals surface area contributed by atoms with E-state index in [0.29, 0.717) is 17.1 Å². The summed E-state index contributed by atoms with van der Waals surface area (Å²) in [5, 5.41) is 7.88. The first-order valence-corrected chi connectivity index (χ1v) is 15.8. The smallest absolute Gasteiger partial charge is 0.404 e. The Morgan fingerprint density at radius 3 is 2.39 bits per heavy atom. The quantitative estimate of drug-likeness (QED) is 0.163. The molecular weight excluding hydrogens is 602 g/mol. The van der Waals surface area contributed by atoms with Crippen LogP contribution in [0.5, 0.6) is 0 Å². The van der Waals surface area contributed by atoms with Crippen molar-refractivity contribution in [2.24, 2.45) is 11.1 Å². The van der Waals surface area contributed by atoms with E-state index in [4.69, 9.17) is 15.2 Å². The van der Waals surface area contributed by atoms with Crippen molar-refractivity contribution >= 4 is 34.4 Å². The second-order valence-electron chi connectivity index (χ2n) is 12.8. The van der Waals surface area contributed by atoms with Gasteiger partial charge in [0.05, 0.1) is 12.3 Å². The second kappa shape index (κ2) is 14.7. The number of pyridine rings is 1. The maximum Gasteiger partial charge on any atom is 0.404 e. The van der Waals surface area contributed by atoms with Gasteiger partial charge in [0, 0.05) is 40.9 Å². The Labute approximate surface area is 273 Å². The average Bonchev–Trinajstić information content (AvgIpc) is 3.47. The molecule has 0 saturated carbocycles. The van der Waals surface area contributed by atoms with Gasteiger partial charge in [-0.05, 0) is 65.8 Å². The zero-order valence-corrected chi connectivity index (χ0v) is 27.9. The summed E-state index contributed by atoms with van der Waals surface area (Å²) in [7, 11) is 1.46. The number of aromatic nitrogens is 2. The lowest BCUT2D eigenvalue weighted by atomic mass is 9.71. The molecule has 10 nitrogen and oxygen atoms in total. The van der Waals surface area contributed by atoms with Crippen LogP contribution in [0.2, 0.25) is 0 Å². The van der Waals surface area contributed by atoms with Gasteiger partial charge in [-0.25, -0.2) is 9.78 Å². The Kier molecular flexibility index (Phi) is 10.9. The minimum absolute atomic E-state index is 0.0446. The van der Waals surface area contributed by atoms with E-state index in [1.807, 2.05) is 61.7 Å². The summed E-state index contributed by atoms with van der Waals surface area (Å²) in [6.45, 7) is 10.2. The SMILES string of the molecule is COCC(NC(=O)c1cccc([C@@](C)(COC(N)=O)CC(C)(C)C)c1)C(=O)Nc1nc(-c2cccc(-c3ccnc(C)c3)c2)cs1. The Balaban J connectivity index is 1.48. The normalized spacial score (nSPS) is 13.3. The highest BCUT2D eigenvalue weighted by molar-refractivity contribution is 7.14. The number of methoxy groups -OCH3 is 1. The Morgan fingerprint density at radius 2 is 1.70 bits per heavy atom. The van der Waals surface area contributed by atoms with Crippen molar-refractivity contribution < 1.29 is 23.9 Å². The standard InChI is InChI=1S/C35H41N5O5S/c1-22-15-24(13-14-37-22)23-9-7-10-25(16-23)29-19-46-33(39-29)40-31(42)28(18-44-6)38-30(41)26-11-8-12-27(17-26)35(5,20-34(2,3)4)21-45-32(36)43/h7-17,19,28H,18,20-21H2,1-6H3,(H2,36,43)(H,38,41)(H,39,40,42)/t28?,35-/m1/s1. The van der Waals surface area contributed by atoms with Crippen molar-refractivity contribution in [1.82, 2.24) is 15.3 Å². The molecule has 0 saturated heterocycles. The van der Waals surface area contributed by atoms with Gasteiger partial charge in [0.2, 0.25) is 0 Å². The van der Waals surface area contributed by atoms with Crippen molar-refractivity contribution in [3.8, 4) is 22.4 Å². The molecule has 4 aromatic rings. The summed E-state index contributed by atoms with van der Waals surface area (Å²) in [4.78, 5) is 47.0. The van der Waals surface area contributed by atoms with Gasteiger partial charge in [-0.2, -0.15) is 0 Å². The predicted molar refractivity (Wildman–Crippen MR) is 181 cm³/mol. The molecule has 0 spiro atoms. The van der Waals surface area contributed by atoms with Crippen molar-refractivity contribution in [3.05, 3.63) is 89.1 Å². The molecular formula is C35H41N5O5S. The highest BCUT2D eigenvalue weighted by atomic mass is 32.1. The van der Waals surface area contributed by atoms with Crippen LogP contribution in [0.3, 0.4) is 0 Å². The van der Waals surface area contributed by atoms with E-state index in [1.54, 1.807) is 24.4 Å². The number of nitrogens with two attached hydrogens (primary N) is 1. The van der Waals surface area contributed by atoms with Gasteiger partial charge >= 0.3 is 6.09 Å². The van der Waals surface area contributed by atoms with Crippen molar-refractivity contribution in [2.45, 2.75) is 52.5 Å². The van der Waals surface area contributed by atoms with Crippen LogP contribution in [0, 0.1) is 12.3 Å². The molecule has 242 valence electrons. The molecule has 46 heavy (non-hydrogen) atoms. The van der Waals surface area contributed by atoms with E-state index in [0.717, 1.165) is 33.6 Å². The topological polar surface area (TPSA) is 146 Å². The number of carbonyl (C=O) groups is 3. The van der Waals surface area contributed by atoms with Crippen LogP contribution in [-0.2, 0) is 19.7 Å². The monoisotopic (exact) mass is 643 g/mol. The van der Waals surface area contributed by atoms with Crippen LogP contribution in [0.1, 0.15) is 55.7 Å². The molecule has 0 bridgehead atoms. The molecule has 11 heteroatoms. The number of carbonyl (C=O) groups excluding carboxylic acids is 3. The average molecular weight is 644 g/mol. The number of hydrogen-bond acceptors (Lipinski definition) is 8. The zero-order chi connectivity index (χ0) is 33.5. The Bertz CT molecular complexity index is 1700. The molecule has 0 fully saturated rings. The fourth-order valence-corrected chi connectivity index (χ4v) is 6.23. The molecule has 0 aliphatic carbocycles. The van der Waals surface area contributed by atoms with Crippen LogP contribution in [0.15, 0.2) is 72.2 Å². The maximum absolute atomic E-state index is 13.4. The minimum atomic E-state index is -0.981. The molecule has 4 rings (SSSR count). The number of ether oxygens (including phenoxy) is 2. The number of nitrogens with one attached hydrogen (secondary N) is 2. The third kappa shape index (κ3) is 9.21. The first kappa shape index (κ1) is 34.3. The largest absolute Gasteiger partial charge is 0.449 e. The molecule has 2 aromatic heterocycles. The van der Waals surface area contributed by atoms with E-state index in [2.05, 4.69) is 41.4 Å². The van der Waals surface area contributed by atoms with Crippen LogP contribution in [0.25, 0.3) is 22.4 Å². The Morgan fingerprint density at radius 1 is 0.978 bits per heavy atom. The van der Waals surface area contributed by atoms with E-state index in [-0.39, 0.29) is 18.6 Å². The predicted octanol–water partition coefficient (Wildman–Crippen LogP) is 6.35. The van der Waals surface area contributed by atoms with E-state index in [1.165, 1.54) is 18.4 Å². The lowest BCUT2D eigenvalue weighted by molar-refractivity contribution is -0.119. The summed E-state index contributed by atoms with van der Waals surface area (Å²) in [6.07, 6.45) is 1.59. The van der Waals surface area contributed by atoms with Gasteiger partial charge in [-0.15, -0.1) is 11.3 Å². The first-order chi connectivity index (χ1) is 21.8. The number of amides is 3. The fraction of sp³-hybridized carbons (Fsp3) is 0.343. The van der Waals surface area contributed by atoms with E-state index >= 15 is 0 Å². The molecule has 4 N–H and O–H groups in total. The molecule has 2 aromatic carbocycles. The molecule has 2 heterocycles. The van der Waals surface area contributed by atoms with Crippen LogP contribution >= 0.6 is 11.3 Å². The Hall–Kier alpha value is -4.61. The number of anilines is 1. The van der Waals surface area contributed by atoms with E-state index < -0.39 is 29.4 Å². The number of hydrogen-bond donors (Lipinski definition) is 3. The molecule has 0 aliphatic heterocycles. The summed E-state index contributed by atoms with van der Waals surface area (Å²) in [6, 6.07) is 18.1. The molecule has 2 atom stereocenters. The van der Waals surface area contributed by atoms with Crippen LogP contribution < -0.4 is 16.4 Å². The van der Waals surface area contributed by atoms with Gasteiger partial charge in [0.15, 0.2) is 5.13 Å². The molecule has 3 amide bonds. The zero-order valence-electron chi connectivity index (χ0n) is 27.0. The fourth-order valence-electron chi connectivity index (χ4n) is 5.50. The number of nitrogens with zero attached hydrogens (tertiary/aromatic N) is 2. The minimum Gasteiger partial charge on any atom is -0.449 e. The highest BCUT2D eigenvalue weighted by Gasteiger charge is 2.34. The number of thiazole rings is 1. The lowest BCUT2D eigenvalue weighted by Crippen LogP contribution is -2.46. The molecule has 0 radical (unpaired) electrons.